The molecule has 0 radical (unpaired) electrons. The molecule has 2 aromatic carbocycles. The van der Waals surface area contributed by atoms with Gasteiger partial charge in [-0.25, -0.2) is 8.51 Å². The van der Waals surface area contributed by atoms with Gasteiger partial charge in [-0.1, -0.05) is 12.8 Å². The van der Waals surface area contributed by atoms with Crippen LogP contribution >= 0.6 is 0 Å². The minimum Gasteiger partial charge on any atom is -0.355 e. The van der Waals surface area contributed by atoms with Gasteiger partial charge in [0.1, 0.15) is 17.0 Å². The quantitative estimate of drug-likeness (QED) is 0.781. The van der Waals surface area contributed by atoms with Crippen LogP contribution in [0.3, 0.4) is 0 Å². The maximum absolute atomic E-state index is 12.8. The summed E-state index contributed by atoms with van der Waals surface area (Å²) in [5.74, 6) is 0.152. The van der Waals surface area contributed by atoms with Gasteiger partial charge < -0.3 is 15.1 Å². The zero-order valence-corrected chi connectivity index (χ0v) is 18.9. The molecule has 2 atom stereocenters. The van der Waals surface area contributed by atoms with Crippen molar-refractivity contribution in [1.82, 2.24) is 4.31 Å². The lowest BCUT2D eigenvalue weighted by Gasteiger charge is -2.43. The molecule has 1 fully saturated rings. The monoisotopic (exact) mass is 426 g/mol. The van der Waals surface area contributed by atoms with Gasteiger partial charge in [-0.05, 0) is 76.3 Å². The first-order valence-electron chi connectivity index (χ1n) is 10.5. The summed E-state index contributed by atoms with van der Waals surface area (Å²) in [5, 5.41) is 3.46. The second-order valence-corrected chi connectivity index (χ2v) is 10.0. The highest BCUT2D eigenvalue weighted by Crippen LogP contribution is 2.41. The molecule has 0 saturated heterocycles. The van der Waals surface area contributed by atoms with Crippen LogP contribution in [-0.2, 0) is 15.8 Å². The zero-order valence-electron chi connectivity index (χ0n) is 18.1. The second-order valence-electron chi connectivity index (χ2n) is 8.33. The smallest absolute Gasteiger partial charge is 0.249 e. The molecule has 7 heteroatoms. The van der Waals surface area contributed by atoms with E-state index in [1.807, 2.05) is 50.4 Å². The number of anilines is 4. The minimum atomic E-state index is -1.15. The summed E-state index contributed by atoms with van der Waals surface area (Å²) >= 11 is 0. The first-order valence-corrected chi connectivity index (χ1v) is 11.6. The lowest BCUT2D eigenvalue weighted by Crippen LogP contribution is -2.54. The van der Waals surface area contributed by atoms with Crippen LogP contribution in [0.2, 0.25) is 0 Å². The Labute approximate surface area is 181 Å². The van der Waals surface area contributed by atoms with Crippen molar-refractivity contribution in [2.75, 3.05) is 36.3 Å². The van der Waals surface area contributed by atoms with Crippen LogP contribution < -0.4 is 15.1 Å². The lowest BCUT2D eigenvalue weighted by molar-refractivity contribution is -0.119. The number of carbonyl (C=O) groups excluding carboxylic acids is 1. The summed E-state index contributed by atoms with van der Waals surface area (Å²) in [6.07, 6.45) is 4.74. The molecule has 2 aromatic rings. The van der Waals surface area contributed by atoms with Crippen molar-refractivity contribution in [2.45, 2.75) is 49.6 Å². The third-order valence-electron chi connectivity index (χ3n) is 6.11. The molecular formula is C23H30N4O2S. The van der Waals surface area contributed by atoms with Gasteiger partial charge in [-0.3, -0.25) is 4.79 Å². The Morgan fingerprint density at radius 1 is 1.00 bits per heavy atom. The van der Waals surface area contributed by atoms with Gasteiger partial charge >= 0.3 is 0 Å². The van der Waals surface area contributed by atoms with Gasteiger partial charge in [-0.15, -0.1) is 0 Å². The van der Waals surface area contributed by atoms with Gasteiger partial charge in [0.15, 0.2) is 0 Å². The Balaban J connectivity index is 1.62. The van der Waals surface area contributed by atoms with Crippen LogP contribution in [0.15, 0.2) is 47.4 Å². The van der Waals surface area contributed by atoms with Crippen molar-refractivity contribution in [2.24, 2.45) is 0 Å². The van der Waals surface area contributed by atoms with E-state index in [0.717, 1.165) is 40.5 Å². The SMILES string of the molecule is CC1C(=O)N(C)c2ccc(Nc3ccc(S(=O)N(C)C)cc3)cc2N1C1CCCC1. The molecule has 1 heterocycles. The van der Waals surface area contributed by atoms with Crippen LogP contribution in [0, 0.1) is 0 Å². The average molecular weight is 427 g/mol. The molecule has 1 aliphatic heterocycles. The van der Waals surface area contributed by atoms with E-state index in [0.29, 0.717) is 6.04 Å². The largest absolute Gasteiger partial charge is 0.355 e. The second kappa shape index (κ2) is 8.40. The van der Waals surface area contributed by atoms with E-state index in [9.17, 15) is 9.00 Å². The van der Waals surface area contributed by atoms with Gasteiger partial charge in [0.05, 0.1) is 16.3 Å². The third kappa shape index (κ3) is 3.84. The third-order valence-corrected chi connectivity index (χ3v) is 7.45. The van der Waals surface area contributed by atoms with Gasteiger partial charge in [0, 0.05) is 24.5 Å². The lowest BCUT2D eigenvalue weighted by atomic mass is 10.0. The topological polar surface area (TPSA) is 55.9 Å². The first-order chi connectivity index (χ1) is 14.4. The number of nitrogens with one attached hydrogen (secondary N) is 1. The molecule has 0 spiro atoms. The molecule has 1 aliphatic carbocycles. The molecule has 1 N–H and O–H groups in total. The molecule has 0 aromatic heterocycles. The number of rotatable bonds is 5. The Bertz CT molecular complexity index is 954. The van der Waals surface area contributed by atoms with E-state index in [2.05, 4.69) is 16.3 Å². The highest BCUT2D eigenvalue weighted by molar-refractivity contribution is 7.82. The molecule has 2 aliphatic rings. The fourth-order valence-electron chi connectivity index (χ4n) is 4.55. The van der Waals surface area contributed by atoms with Crippen molar-refractivity contribution in [3.05, 3.63) is 42.5 Å². The van der Waals surface area contributed by atoms with Crippen LogP contribution in [-0.4, -0.2) is 47.6 Å². The fourth-order valence-corrected chi connectivity index (χ4v) is 5.34. The summed E-state index contributed by atoms with van der Waals surface area (Å²) in [6.45, 7) is 2.02. The zero-order chi connectivity index (χ0) is 21.4. The molecule has 160 valence electrons. The fraction of sp³-hybridized carbons (Fsp3) is 0.435. The van der Waals surface area contributed by atoms with Crippen molar-refractivity contribution < 1.29 is 9.00 Å². The number of hydrogen-bond donors (Lipinski definition) is 1. The molecule has 2 unspecified atom stereocenters. The van der Waals surface area contributed by atoms with Gasteiger partial charge in [0.25, 0.3) is 0 Å². The first kappa shape index (κ1) is 20.9. The molecule has 6 nitrogen and oxygen atoms in total. The van der Waals surface area contributed by atoms with E-state index in [1.54, 1.807) is 23.3 Å². The maximum atomic E-state index is 12.8. The highest BCUT2D eigenvalue weighted by Gasteiger charge is 2.38. The normalized spacial score (nSPS) is 20.6. The van der Waals surface area contributed by atoms with E-state index < -0.39 is 11.0 Å². The predicted octanol–water partition coefficient (Wildman–Crippen LogP) is 4.13. The van der Waals surface area contributed by atoms with Crippen LogP contribution in [0.1, 0.15) is 32.6 Å². The van der Waals surface area contributed by atoms with Crippen molar-refractivity contribution in [3.8, 4) is 0 Å². The molecule has 1 saturated carbocycles. The molecule has 30 heavy (non-hydrogen) atoms. The number of carbonyl (C=O) groups is 1. The number of nitrogens with zero attached hydrogens (tertiary/aromatic N) is 3. The number of amides is 1. The number of fused-ring (bicyclic) bond motifs is 1. The highest BCUT2D eigenvalue weighted by atomic mass is 32.2. The summed E-state index contributed by atoms with van der Waals surface area (Å²) in [6, 6.07) is 14.1. The average Bonchev–Trinajstić information content (AvgIpc) is 3.26. The standard InChI is InChI=1S/C23H30N4O2S/c1-16-23(28)26(4)21-14-11-18(15-22(21)27(16)19-7-5-6-8-19)24-17-9-12-20(13-10-17)30(29)25(2)3/h9-16,19,24H,5-8H2,1-4H3. The molecule has 4 rings (SSSR count). The van der Waals surface area contributed by atoms with Crippen molar-refractivity contribution in [3.63, 3.8) is 0 Å². The van der Waals surface area contributed by atoms with Crippen molar-refractivity contribution in [1.29, 1.82) is 0 Å². The minimum absolute atomic E-state index is 0.152. The molecular weight excluding hydrogens is 396 g/mol. The number of likely N-dealkylation sites (N-methyl/N-ethyl adjacent to an activating group) is 1. The number of benzene rings is 2. The summed E-state index contributed by atoms with van der Waals surface area (Å²) in [7, 11) is 4.31. The predicted molar refractivity (Wildman–Crippen MR) is 124 cm³/mol. The summed E-state index contributed by atoms with van der Waals surface area (Å²) < 4.78 is 13.9. The van der Waals surface area contributed by atoms with Gasteiger partial charge in [-0.2, -0.15) is 0 Å². The van der Waals surface area contributed by atoms with E-state index >= 15 is 0 Å². The Morgan fingerprint density at radius 2 is 1.63 bits per heavy atom. The Kier molecular flexibility index (Phi) is 5.84. The van der Waals surface area contributed by atoms with E-state index in [4.69, 9.17) is 0 Å². The molecule has 1 amide bonds. The van der Waals surface area contributed by atoms with E-state index in [1.165, 1.54) is 12.8 Å². The summed E-state index contributed by atoms with van der Waals surface area (Å²) in [4.78, 5) is 17.7. The van der Waals surface area contributed by atoms with Crippen LogP contribution in [0.4, 0.5) is 22.7 Å². The van der Waals surface area contributed by atoms with Crippen molar-refractivity contribution >= 4 is 39.6 Å². The number of hydrogen-bond acceptors (Lipinski definition) is 4. The van der Waals surface area contributed by atoms with E-state index in [-0.39, 0.29) is 11.9 Å². The Morgan fingerprint density at radius 3 is 2.27 bits per heavy atom. The van der Waals surface area contributed by atoms with Gasteiger partial charge in [0.2, 0.25) is 5.91 Å². The summed E-state index contributed by atoms with van der Waals surface area (Å²) in [5.41, 5.74) is 4.00. The van der Waals surface area contributed by atoms with Crippen LogP contribution in [0.5, 0.6) is 0 Å². The maximum Gasteiger partial charge on any atom is 0.249 e. The molecule has 0 bridgehead atoms. The van der Waals surface area contributed by atoms with Crippen LogP contribution in [0.25, 0.3) is 0 Å². The Hall–Kier alpha value is -2.38.